The van der Waals surface area contributed by atoms with E-state index in [2.05, 4.69) is 600 Å². The Morgan fingerprint density at radius 1 is 0.137 bits per heavy atom. The lowest BCUT2D eigenvalue weighted by atomic mass is 9.30. The van der Waals surface area contributed by atoms with Crippen LogP contribution in [0.2, 0.25) is 0 Å². The normalized spacial score (nSPS) is 12.3. The van der Waals surface area contributed by atoms with Crippen LogP contribution in [-0.4, -0.2) is 13.4 Å². The fourth-order valence-electron chi connectivity index (χ4n) is 23.6. The number of nitrogens with zero attached hydrogens (tertiary/aromatic N) is 6. The largest absolute Gasteiger partial charge is 0.311 e. The van der Waals surface area contributed by atoms with Crippen LogP contribution in [0.5, 0.6) is 0 Å². The van der Waals surface area contributed by atoms with Crippen molar-refractivity contribution in [3.63, 3.8) is 0 Å². The molecule has 27 rings (SSSR count). The first-order chi connectivity index (χ1) is 72.6. The topological polar surface area (TPSA) is 19.4 Å². The summed E-state index contributed by atoms with van der Waals surface area (Å²) in [5.41, 5.74) is 47.4. The summed E-state index contributed by atoms with van der Waals surface area (Å²) in [6, 6.07) is 213. The molecule has 0 aliphatic carbocycles. The molecule has 8 heteroatoms. The molecule has 146 heavy (non-hydrogen) atoms. The Balaban J connectivity index is 0.828. The van der Waals surface area contributed by atoms with Crippen LogP contribution in [0.25, 0.3) is 111 Å². The molecule has 4 aliphatic heterocycles. The van der Waals surface area contributed by atoms with E-state index < -0.39 is 13.4 Å². The Kier molecular flexibility index (Phi) is 21.8. The Labute approximate surface area is 853 Å². The molecule has 0 saturated heterocycles. The van der Waals surface area contributed by atoms with Crippen molar-refractivity contribution in [2.75, 3.05) is 29.4 Å². The Morgan fingerprint density at radius 3 is 0.610 bits per heavy atom. The molecule has 682 valence electrons. The van der Waals surface area contributed by atoms with Gasteiger partial charge < -0.3 is 29.4 Å². The van der Waals surface area contributed by atoms with Gasteiger partial charge in [0.05, 0.1) is 39.8 Å². The van der Waals surface area contributed by atoms with E-state index >= 15 is 0 Å². The first-order valence-corrected chi connectivity index (χ1v) is 50.4. The van der Waals surface area contributed by atoms with E-state index in [1.165, 1.54) is 21.9 Å². The Hall–Kier alpha value is -19.0. The van der Waals surface area contributed by atoms with Crippen LogP contribution in [0.1, 0.15) is 0 Å². The van der Waals surface area contributed by atoms with E-state index in [0.29, 0.717) is 0 Å². The number of para-hydroxylation sites is 10. The average molecular weight is 1860 g/mol. The van der Waals surface area contributed by atoms with Gasteiger partial charge in [0.2, 0.25) is 0 Å². The van der Waals surface area contributed by atoms with Gasteiger partial charge in [0, 0.05) is 118 Å². The van der Waals surface area contributed by atoms with E-state index in [4.69, 9.17) is 0 Å². The summed E-state index contributed by atoms with van der Waals surface area (Å²) in [5.74, 6) is 0. The quantitative estimate of drug-likeness (QED) is 0.0704. The molecule has 23 aromatic carbocycles. The molecule has 0 saturated carbocycles. The standard InChI is InChI=1S/C138H94B2N6/c1-14-49-95(50-15-1)110-75-44-76-111(96-51-16-2-17-52-96)134(110)141(105-69-34-11-35-70-105)108-89-128-132-129(90-108)144(136-114(99-57-22-5-23-58-99)79-46-80-115(136)100-59-24-6-25-60-100)124-87-42-40-85-120(124)139(132)122-93-123-127(94-126(122)143(128)107-73-38-13-39-74-107)146(138-118(103-65-30-9-31-66-103)83-48-84-119(138)104-67-32-10-33-68-104)131-92-109(142(106-71-36-12-37-72-106)135-112(97-53-18-3-19-54-97)77-45-78-113(135)98-55-20-4-21-56-98)91-130-133(131)140(123)121-86-41-43-88-125(121)145(130)137-116(101-61-26-7-27-62-101)81-47-82-117(137)102-63-28-8-29-64-102/h1-94H. The molecule has 0 bridgehead atoms. The lowest BCUT2D eigenvalue weighted by molar-refractivity contribution is 1.21. The minimum absolute atomic E-state index is 0.412. The predicted octanol–water partition coefficient (Wildman–Crippen LogP) is 33.5. The number of hydrogen-bond donors (Lipinski definition) is 0. The monoisotopic (exact) mass is 1860 g/mol. The lowest BCUT2D eigenvalue weighted by Gasteiger charge is -2.48. The van der Waals surface area contributed by atoms with Gasteiger partial charge in [-0.2, -0.15) is 0 Å². The van der Waals surface area contributed by atoms with Gasteiger partial charge in [-0.15, -0.1) is 0 Å². The van der Waals surface area contributed by atoms with Crippen molar-refractivity contribution in [2.24, 2.45) is 0 Å². The zero-order chi connectivity index (χ0) is 96.5. The highest BCUT2D eigenvalue weighted by Crippen LogP contribution is 2.60. The van der Waals surface area contributed by atoms with Crippen molar-refractivity contribution in [3.8, 4) is 111 Å². The van der Waals surface area contributed by atoms with Crippen LogP contribution in [0.3, 0.4) is 0 Å². The molecule has 0 radical (unpaired) electrons. The highest BCUT2D eigenvalue weighted by molar-refractivity contribution is 7.03. The second-order valence-corrected chi connectivity index (χ2v) is 37.9. The fourth-order valence-corrected chi connectivity index (χ4v) is 23.6. The molecule has 0 spiro atoms. The summed E-state index contributed by atoms with van der Waals surface area (Å²) in [6.07, 6.45) is 0. The smallest absolute Gasteiger partial charge is 0.252 e. The number of benzene rings is 23. The number of rotatable bonds is 20. The van der Waals surface area contributed by atoms with E-state index in [9.17, 15) is 0 Å². The second kappa shape index (κ2) is 36.9. The second-order valence-electron chi connectivity index (χ2n) is 37.9. The number of hydrogen-bond acceptors (Lipinski definition) is 6. The predicted molar refractivity (Wildman–Crippen MR) is 618 cm³/mol. The summed E-state index contributed by atoms with van der Waals surface area (Å²) < 4.78 is 0. The van der Waals surface area contributed by atoms with Crippen LogP contribution in [0.4, 0.5) is 102 Å². The van der Waals surface area contributed by atoms with Gasteiger partial charge in [-0.05, 0) is 167 Å². The number of anilines is 18. The summed E-state index contributed by atoms with van der Waals surface area (Å²) in [7, 11) is 0. The van der Waals surface area contributed by atoms with Crippen molar-refractivity contribution in [3.05, 3.63) is 570 Å². The van der Waals surface area contributed by atoms with Gasteiger partial charge in [-0.1, -0.05) is 491 Å². The summed E-state index contributed by atoms with van der Waals surface area (Å²) >= 11 is 0. The first-order valence-electron chi connectivity index (χ1n) is 50.4. The van der Waals surface area contributed by atoms with Crippen LogP contribution in [-0.2, 0) is 0 Å². The molecular weight excluding hydrogens is 1760 g/mol. The first kappa shape index (κ1) is 86.1. The van der Waals surface area contributed by atoms with Gasteiger partial charge in [0.15, 0.2) is 0 Å². The van der Waals surface area contributed by atoms with Crippen LogP contribution >= 0.6 is 0 Å². The highest BCUT2D eigenvalue weighted by atomic mass is 15.2. The van der Waals surface area contributed by atoms with Gasteiger partial charge in [0.1, 0.15) is 0 Å². The maximum absolute atomic E-state index is 2.75. The van der Waals surface area contributed by atoms with Crippen molar-refractivity contribution < 1.29 is 0 Å². The molecule has 0 atom stereocenters. The van der Waals surface area contributed by atoms with Crippen molar-refractivity contribution in [1.29, 1.82) is 0 Å². The fraction of sp³-hybridized carbons (Fsp3) is 0. The zero-order valence-electron chi connectivity index (χ0n) is 80.1. The molecule has 6 nitrogen and oxygen atoms in total. The maximum atomic E-state index is 2.75. The maximum Gasteiger partial charge on any atom is 0.252 e. The van der Waals surface area contributed by atoms with Gasteiger partial charge in [-0.25, -0.2) is 0 Å². The summed E-state index contributed by atoms with van der Waals surface area (Å²) in [6.45, 7) is -0.851. The summed E-state index contributed by atoms with van der Waals surface area (Å²) in [4.78, 5) is 15.9. The Morgan fingerprint density at radius 2 is 0.342 bits per heavy atom. The molecule has 0 N–H and O–H groups in total. The zero-order valence-corrected chi connectivity index (χ0v) is 80.1. The van der Waals surface area contributed by atoms with Gasteiger partial charge in [0.25, 0.3) is 13.4 Å². The number of fused-ring (bicyclic) bond motifs is 8. The van der Waals surface area contributed by atoms with Crippen molar-refractivity contribution in [1.82, 2.24) is 0 Å². The minimum atomic E-state index is -0.439. The third-order valence-corrected chi connectivity index (χ3v) is 29.7. The third kappa shape index (κ3) is 14.7. The lowest BCUT2D eigenvalue weighted by Crippen LogP contribution is -2.65. The minimum Gasteiger partial charge on any atom is -0.311 e. The van der Waals surface area contributed by atoms with Crippen LogP contribution in [0, 0.1) is 0 Å². The van der Waals surface area contributed by atoms with E-state index in [0.717, 1.165) is 225 Å². The van der Waals surface area contributed by atoms with Gasteiger partial charge in [-0.3, -0.25) is 0 Å². The van der Waals surface area contributed by atoms with Crippen molar-refractivity contribution in [2.45, 2.75) is 0 Å². The van der Waals surface area contributed by atoms with E-state index in [1.54, 1.807) is 0 Å². The average Bonchev–Trinajstić information content (AvgIpc) is 0.698. The molecule has 0 unspecified atom stereocenters. The third-order valence-electron chi connectivity index (χ3n) is 29.7. The molecule has 0 fully saturated rings. The molecule has 4 aliphatic rings. The highest BCUT2D eigenvalue weighted by Gasteiger charge is 2.51. The molecule has 4 heterocycles. The molecule has 0 amide bonds. The van der Waals surface area contributed by atoms with Gasteiger partial charge >= 0.3 is 0 Å². The molecule has 23 aromatic rings. The van der Waals surface area contributed by atoms with Crippen LogP contribution in [0.15, 0.2) is 570 Å². The Bertz CT molecular complexity index is 8560. The van der Waals surface area contributed by atoms with E-state index in [-0.39, 0.29) is 0 Å². The molecule has 0 aromatic heterocycles. The summed E-state index contributed by atoms with van der Waals surface area (Å²) in [5, 5.41) is 0. The van der Waals surface area contributed by atoms with Crippen LogP contribution < -0.4 is 62.2 Å². The van der Waals surface area contributed by atoms with Crippen molar-refractivity contribution >= 4 is 149 Å². The SMILES string of the molecule is c1ccc(-c2cccc(-c3ccccc3)c2N(c2ccccc2)c2cc3c4c(c2)N(c2c(-c5ccccc5)cccc2-c2ccccc2)c2ccccc2B4c2cc4c(cc2N3c2ccccc2)N(c2c(-c3ccccc3)cccc2-c2ccccc2)c2cc(N(c3ccccc3)c3c(-c5ccccc5)cccc3-c3ccccc3)cc3c2B4c2ccccc2N3c2c(-c3ccccc3)cccc2-c2ccccc2)cc1. The molecular formula is C138H94B2N6. The van der Waals surface area contributed by atoms with E-state index in [1.807, 2.05) is 0 Å².